The van der Waals surface area contributed by atoms with Gasteiger partial charge in [0.15, 0.2) is 0 Å². The second-order valence-electron chi connectivity index (χ2n) is 5.37. The highest BCUT2D eigenvalue weighted by atomic mass is 16.5. The fraction of sp³-hybridized carbons (Fsp3) is 0.625. The zero-order valence-electron chi connectivity index (χ0n) is 12.1. The van der Waals surface area contributed by atoms with Crippen LogP contribution >= 0.6 is 0 Å². The molecule has 3 nitrogen and oxygen atoms in total. The summed E-state index contributed by atoms with van der Waals surface area (Å²) < 4.78 is 11.3. The Labute approximate surface area is 116 Å². The van der Waals surface area contributed by atoms with Crippen molar-refractivity contribution in [2.24, 2.45) is 0 Å². The molecule has 1 aromatic carbocycles. The van der Waals surface area contributed by atoms with Crippen LogP contribution in [0.2, 0.25) is 0 Å². The summed E-state index contributed by atoms with van der Waals surface area (Å²) in [5.41, 5.74) is 2.70. The molecule has 2 rings (SSSR count). The molecule has 1 aliphatic heterocycles. The van der Waals surface area contributed by atoms with Crippen molar-refractivity contribution in [2.75, 3.05) is 26.4 Å². The molecule has 0 saturated carbocycles. The molecule has 0 spiro atoms. The van der Waals surface area contributed by atoms with Crippen LogP contribution < -0.4 is 10.1 Å². The van der Waals surface area contributed by atoms with Gasteiger partial charge in [-0.3, -0.25) is 0 Å². The Kier molecular flexibility index (Phi) is 5.67. The van der Waals surface area contributed by atoms with Gasteiger partial charge in [0.05, 0.1) is 19.8 Å². The maximum absolute atomic E-state index is 5.64. The third-order valence-electron chi connectivity index (χ3n) is 3.31. The Morgan fingerprint density at radius 2 is 2.21 bits per heavy atom. The van der Waals surface area contributed by atoms with Gasteiger partial charge in [0.2, 0.25) is 0 Å². The minimum absolute atomic E-state index is 0.532. The van der Waals surface area contributed by atoms with E-state index in [1.165, 1.54) is 11.1 Å². The van der Waals surface area contributed by atoms with Gasteiger partial charge in [0.1, 0.15) is 5.75 Å². The number of benzene rings is 1. The van der Waals surface area contributed by atoms with Crippen LogP contribution in [0.4, 0.5) is 0 Å². The molecule has 0 aromatic heterocycles. The van der Waals surface area contributed by atoms with E-state index >= 15 is 0 Å². The molecule has 106 valence electrons. The van der Waals surface area contributed by atoms with Crippen LogP contribution in [0.25, 0.3) is 0 Å². The zero-order chi connectivity index (χ0) is 13.5. The summed E-state index contributed by atoms with van der Waals surface area (Å²) in [7, 11) is 0. The summed E-state index contributed by atoms with van der Waals surface area (Å²) >= 11 is 0. The molecule has 0 amide bonds. The Balaban J connectivity index is 1.68. The van der Waals surface area contributed by atoms with Gasteiger partial charge in [0.25, 0.3) is 0 Å². The Bertz CT molecular complexity index is 390. The highest BCUT2D eigenvalue weighted by Crippen LogP contribution is 2.25. The number of fused-ring (bicyclic) bond motifs is 1. The summed E-state index contributed by atoms with van der Waals surface area (Å²) in [6, 6.07) is 7.05. The first-order valence-corrected chi connectivity index (χ1v) is 7.31. The molecule has 3 heteroatoms. The molecule has 19 heavy (non-hydrogen) atoms. The van der Waals surface area contributed by atoms with Gasteiger partial charge in [-0.1, -0.05) is 26.0 Å². The third-order valence-corrected chi connectivity index (χ3v) is 3.31. The Hall–Kier alpha value is -1.06. The first kappa shape index (κ1) is 14.4. The first-order valence-electron chi connectivity index (χ1n) is 7.31. The molecule has 1 aromatic rings. The topological polar surface area (TPSA) is 30.5 Å². The van der Waals surface area contributed by atoms with Crippen molar-refractivity contribution in [3.63, 3.8) is 0 Å². The lowest BCUT2D eigenvalue weighted by Gasteiger charge is -2.17. The minimum atomic E-state index is 0.532. The smallest absolute Gasteiger partial charge is 0.122 e. The van der Waals surface area contributed by atoms with Crippen molar-refractivity contribution in [3.05, 3.63) is 29.3 Å². The lowest BCUT2D eigenvalue weighted by molar-refractivity contribution is 0.137. The average molecular weight is 263 g/mol. The molecule has 0 bridgehead atoms. The van der Waals surface area contributed by atoms with Gasteiger partial charge in [-0.2, -0.15) is 0 Å². The molecular weight excluding hydrogens is 238 g/mol. The van der Waals surface area contributed by atoms with Gasteiger partial charge >= 0.3 is 0 Å². The molecule has 1 heterocycles. The van der Waals surface area contributed by atoms with Gasteiger partial charge in [-0.25, -0.2) is 0 Å². The second kappa shape index (κ2) is 7.51. The van der Waals surface area contributed by atoms with Crippen LogP contribution in [0.15, 0.2) is 18.2 Å². The summed E-state index contributed by atoms with van der Waals surface area (Å²) in [5, 5.41) is 3.34. The van der Waals surface area contributed by atoms with Crippen LogP contribution in [0.3, 0.4) is 0 Å². The van der Waals surface area contributed by atoms with E-state index < -0.39 is 0 Å². The molecule has 0 unspecified atom stereocenters. The lowest BCUT2D eigenvalue weighted by Crippen LogP contribution is -2.26. The fourth-order valence-corrected chi connectivity index (χ4v) is 2.28. The number of nitrogens with one attached hydrogen (secondary N) is 1. The SMILES string of the molecule is CC(C)NCCOCCc1ccc2c(c1)CCCO2. The zero-order valence-corrected chi connectivity index (χ0v) is 12.1. The monoisotopic (exact) mass is 263 g/mol. The van der Waals surface area contributed by atoms with Gasteiger partial charge in [-0.05, 0) is 36.5 Å². The largest absolute Gasteiger partial charge is 0.493 e. The van der Waals surface area contributed by atoms with Crippen molar-refractivity contribution in [2.45, 2.75) is 39.2 Å². The van der Waals surface area contributed by atoms with E-state index in [-0.39, 0.29) is 0 Å². The minimum Gasteiger partial charge on any atom is -0.493 e. The molecule has 0 radical (unpaired) electrons. The predicted molar refractivity (Wildman–Crippen MR) is 77.9 cm³/mol. The maximum Gasteiger partial charge on any atom is 0.122 e. The van der Waals surface area contributed by atoms with E-state index in [1.807, 2.05) is 0 Å². The van der Waals surface area contributed by atoms with Crippen molar-refractivity contribution in [3.8, 4) is 5.75 Å². The number of hydrogen-bond acceptors (Lipinski definition) is 3. The van der Waals surface area contributed by atoms with E-state index in [4.69, 9.17) is 9.47 Å². The van der Waals surface area contributed by atoms with Crippen molar-refractivity contribution in [1.82, 2.24) is 5.32 Å². The van der Waals surface area contributed by atoms with E-state index in [2.05, 4.69) is 37.4 Å². The van der Waals surface area contributed by atoms with E-state index in [0.717, 1.165) is 51.4 Å². The summed E-state index contributed by atoms with van der Waals surface area (Å²) in [6.45, 7) is 7.66. The number of rotatable bonds is 7. The van der Waals surface area contributed by atoms with Crippen LogP contribution in [0.5, 0.6) is 5.75 Å². The standard InChI is InChI=1S/C16H25NO2/c1-13(2)17-8-11-18-10-7-14-5-6-16-15(12-14)4-3-9-19-16/h5-6,12-13,17H,3-4,7-11H2,1-2H3. The second-order valence-corrected chi connectivity index (χ2v) is 5.37. The quantitative estimate of drug-likeness (QED) is 0.767. The highest BCUT2D eigenvalue weighted by Gasteiger charge is 2.10. The molecule has 0 fully saturated rings. The summed E-state index contributed by atoms with van der Waals surface area (Å²) in [4.78, 5) is 0. The maximum atomic E-state index is 5.64. The van der Waals surface area contributed by atoms with Crippen LogP contribution in [-0.4, -0.2) is 32.4 Å². The Morgan fingerprint density at radius 3 is 3.05 bits per heavy atom. The van der Waals surface area contributed by atoms with E-state index in [0.29, 0.717) is 6.04 Å². The number of hydrogen-bond donors (Lipinski definition) is 1. The van der Waals surface area contributed by atoms with Crippen molar-refractivity contribution < 1.29 is 9.47 Å². The number of aryl methyl sites for hydroxylation is 1. The summed E-state index contributed by atoms with van der Waals surface area (Å²) in [6.07, 6.45) is 3.26. The van der Waals surface area contributed by atoms with Crippen molar-refractivity contribution >= 4 is 0 Å². The molecule has 0 aliphatic carbocycles. The lowest BCUT2D eigenvalue weighted by atomic mass is 10.0. The highest BCUT2D eigenvalue weighted by molar-refractivity contribution is 5.38. The average Bonchev–Trinajstić information content (AvgIpc) is 2.42. The molecule has 1 N–H and O–H groups in total. The van der Waals surface area contributed by atoms with Gasteiger partial charge < -0.3 is 14.8 Å². The van der Waals surface area contributed by atoms with Crippen LogP contribution in [-0.2, 0) is 17.6 Å². The molecular formula is C16H25NO2. The molecule has 0 saturated heterocycles. The molecule has 1 aliphatic rings. The summed E-state index contributed by atoms with van der Waals surface area (Å²) in [5.74, 6) is 1.07. The predicted octanol–water partition coefficient (Wildman–Crippen LogP) is 2.57. The third kappa shape index (κ3) is 4.84. The number of ether oxygens (including phenoxy) is 2. The van der Waals surface area contributed by atoms with Gasteiger partial charge in [0, 0.05) is 12.6 Å². The van der Waals surface area contributed by atoms with Crippen LogP contribution in [0.1, 0.15) is 31.4 Å². The Morgan fingerprint density at radius 1 is 1.32 bits per heavy atom. The fourth-order valence-electron chi connectivity index (χ4n) is 2.28. The normalized spacial score (nSPS) is 14.3. The van der Waals surface area contributed by atoms with Crippen molar-refractivity contribution in [1.29, 1.82) is 0 Å². The van der Waals surface area contributed by atoms with E-state index in [1.54, 1.807) is 0 Å². The van der Waals surface area contributed by atoms with Gasteiger partial charge in [-0.15, -0.1) is 0 Å². The van der Waals surface area contributed by atoms with Crippen LogP contribution in [0, 0.1) is 0 Å². The van der Waals surface area contributed by atoms with E-state index in [9.17, 15) is 0 Å². The first-order chi connectivity index (χ1) is 9.25. The molecule has 0 atom stereocenters.